The first-order valence-corrected chi connectivity index (χ1v) is 11.4. The summed E-state index contributed by atoms with van der Waals surface area (Å²) in [7, 11) is 0. The van der Waals surface area contributed by atoms with Crippen LogP contribution in [0, 0.1) is 0 Å². The Kier molecular flexibility index (Phi) is 5.49. The highest BCUT2D eigenvalue weighted by atomic mass is 35.5. The van der Waals surface area contributed by atoms with Crippen LogP contribution >= 0.6 is 11.6 Å². The molecule has 0 unspecified atom stereocenters. The third-order valence-corrected chi connectivity index (χ3v) is 6.88. The summed E-state index contributed by atoms with van der Waals surface area (Å²) in [6, 6.07) is 14.8. The van der Waals surface area contributed by atoms with E-state index in [9.17, 15) is 4.79 Å². The van der Waals surface area contributed by atoms with Crippen LogP contribution in [0.4, 0.5) is 0 Å². The maximum atomic E-state index is 12.5. The van der Waals surface area contributed by atoms with E-state index in [0.717, 1.165) is 67.8 Å². The average Bonchev–Trinajstić information content (AvgIpc) is 2.79. The van der Waals surface area contributed by atoms with Crippen molar-refractivity contribution in [3.8, 4) is 0 Å². The lowest BCUT2D eigenvalue weighted by molar-refractivity contribution is 0.306. The zero-order chi connectivity index (χ0) is 20.5. The molecule has 0 bridgehead atoms. The van der Waals surface area contributed by atoms with Crippen LogP contribution in [0.3, 0.4) is 0 Å². The van der Waals surface area contributed by atoms with E-state index in [-0.39, 0.29) is 5.56 Å². The minimum atomic E-state index is 0.116. The van der Waals surface area contributed by atoms with Crippen LogP contribution in [0.15, 0.2) is 53.3 Å². The summed E-state index contributed by atoms with van der Waals surface area (Å²) in [6.45, 7) is 3.09. The number of rotatable bonds is 4. The standard InChI is InChI=1S/C26H27ClN2O/c27-21-8-6-19(7-9-21)20-12-15-29(16-13-20)14-11-18-5-10-23-22-3-1-2-4-24(22)26(30)28-25(23)17-18/h5-10,12,17H,1-4,11,13-16H2,(H,28,30). The van der Waals surface area contributed by atoms with Crippen molar-refractivity contribution in [3.63, 3.8) is 0 Å². The molecule has 0 atom stereocenters. The Balaban J connectivity index is 1.27. The van der Waals surface area contributed by atoms with Crippen LogP contribution in [0.1, 0.15) is 41.5 Å². The molecule has 2 aliphatic rings. The first kappa shape index (κ1) is 19.6. The van der Waals surface area contributed by atoms with E-state index in [1.54, 1.807) is 0 Å². The molecule has 0 fully saturated rings. The van der Waals surface area contributed by atoms with Crippen molar-refractivity contribution in [2.75, 3.05) is 19.6 Å². The molecule has 0 spiro atoms. The summed E-state index contributed by atoms with van der Waals surface area (Å²) in [6.07, 6.45) is 8.68. The SMILES string of the molecule is O=c1[nH]c2cc(CCN3CC=C(c4ccc(Cl)cc4)CC3)ccc2c2c1CCCC2. The first-order valence-electron chi connectivity index (χ1n) is 11.0. The van der Waals surface area contributed by atoms with E-state index < -0.39 is 0 Å². The van der Waals surface area contributed by atoms with E-state index >= 15 is 0 Å². The predicted molar refractivity (Wildman–Crippen MR) is 125 cm³/mol. The summed E-state index contributed by atoms with van der Waals surface area (Å²) in [4.78, 5) is 18.1. The normalized spacial score (nSPS) is 17.0. The molecule has 1 aromatic heterocycles. The van der Waals surface area contributed by atoms with Gasteiger partial charge in [0.15, 0.2) is 0 Å². The van der Waals surface area contributed by atoms with Crippen LogP contribution in [-0.4, -0.2) is 29.5 Å². The Labute approximate surface area is 182 Å². The fourth-order valence-electron chi connectivity index (χ4n) is 4.89. The number of hydrogen-bond acceptors (Lipinski definition) is 2. The number of benzene rings is 2. The minimum absolute atomic E-state index is 0.116. The number of nitrogens with zero attached hydrogens (tertiary/aromatic N) is 1. The van der Waals surface area contributed by atoms with Gasteiger partial charge >= 0.3 is 0 Å². The summed E-state index contributed by atoms with van der Waals surface area (Å²) in [5.41, 5.74) is 7.39. The number of H-pyrrole nitrogens is 1. The van der Waals surface area contributed by atoms with Crippen LogP contribution < -0.4 is 5.56 Å². The topological polar surface area (TPSA) is 36.1 Å². The number of nitrogens with one attached hydrogen (secondary N) is 1. The van der Waals surface area contributed by atoms with Gasteiger partial charge in [-0.15, -0.1) is 0 Å². The van der Waals surface area contributed by atoms with Crippen LogP contribution in [0.25, 0.3) is 16.5 Å². The summed E-state index contributed by atoms with van der Waals surface area (Å²) >= 11 is 6.01. The number of aromatic amines is 1. The number of hydrogen-bond donors (Lipinski definition) is 1. The molecule has 1 N–H and O–H groups in total. The smallest absolute Gasteiger partial charge is 0.251 e. The van der Waals surface area contributed by atoms with Crippen molar-refractivity contribution in [3.05, 3.63) is 86.2 Å². The predicted octanol–water partition coefficient (Wildman–Crippen LogP) is 5.39. The molecule has 0 amide bonds. The molecule has 1 aliphatic heterocycles. The van der Waals surface area contributed by atoms with E-state index in [1.165, 1.54) is 34.1 Å². The average molecular weight is 419 g/mol. The second-order valence-electron chi connectivity index (χ2n) is 8.54. The number of fused-ring (bicyclic) bond motifs is 3. The molecule has 30 heavy (non-hydrogen) atoms. The van der Waals surface area contributed by atoms with Crippen LogP contribution in [0.2, 0.25) is 5.02 Å². The van der Waals surface area contributed by atoms with Crippen molar-refractivity contribution in [1.82, 2.24) is 9.88 Å². The quantitative estimate of drug-likeness (QED) is 0.616. The lowest BCUT2D eigenvalue weighted by Crippen LogP contribution is -2.30. The van der Waals surface area contributed by atoms with Gasteiger partial charge in [0.1, 0.15) is 0 Å². The van der Waals surface area contributed by atoms with Gasteiger partial charge in [0.25, 0.3) is 5.56 Å². The van der Waals surface area contributed by atoms with Gasteiger partial charge in [0.2, 0.25) is 0 Å². The Morgan fingerprint density at radius 1 is 0.967 bits per heavy atom. The maximum absolute atomic E-state index is 12.5. The highest BCUT2D eigenvalue weighted by molar-refractivity contribution is 6.30. The molecule has 2 aromatic carbocycles. The zero-order valence-electron chi connectivity index (χ0n) is 17.2. The summed E-state index contributed by atoms with van der Waals surface area (Å²) in [5.74, 6) is 0. The van der Waals surface area contributed by atoms with Gasteiger partial charge in [0.05, 0.1) is 0 Å². The van der Waals surface area contributed by atoms with Crippen molar-refractivity contribution < 1.29 is 0 Å². The molecule has 0 saturated heterocycles. The van der Waals surface area contributed by atoms with Gasteiger partial charge in [-0.1, -0.05) is 41.9 Å². The van der Waals surface area contributed by atoms with Crippen molar-refractivity contribution >= 4 is 28.1 Å². The fraction of sp³-hybridized carbons (Fsp3) is 0.346. The van der Waals surface area contributed by atoms with Gasteiger partial charge in [-0.3, -0.25) is 9.69 Å². The van der Waals surface area contributed by atoms with Gasteiger partial charge in [-0.05, 0) is 79.0 Å². The molecular formula is C26H27ClN2O. The molecule has 3 aromatic rings. The zero-order valence-corrected chi connectivity index (χ0v) is 18.0. The molecule has 5 rings (SSSR count). The molecular weight excluding hydrogens is 392 g/mol. The van der Waals surface area contributed by atoms with Crippen molar-refractivity contribution in [2.45, 2.75) is 38.5 Å². The second kappa shape index (κ2) is 8.41. The van der Waals surface area contributed by atoms with Crippen molar-refractivity contribution in [2.24, 2.45) is 0 Å². The molecule has 4 heteroatoms. The van der Waals surface area contributed by atoms with E-state index in [1.807, 2.05) is 12.1 Å². The maximum Gasteiger partial charge on any atom is 0.251 e. The van der Waals surface area contributed by atoms with Crippen LogP contribution in [0.5, 0.6) is 0 Å². The minimum Gasteiger partial charge on any atom is -0.322 e. The van der Waals surface area contributed by atoms with Crippen LogP contribution in [-0.2, 0) is 19.3 Å². The second-order valence-corrected chi connectivity index (χ2v) is 8.97. The number of aryl methyl sites for hydroxylation is 1. The molecule has 0 saturated carbocycles. The largest absolute Gasteiger partial charge is 0.322 e. The Morgan fingerprint density at radius 3 is 2.53 bits per heavy atom. The third-order valence-electron chi connectivity index (χ3n) is 6.62. The number of halogens is 1. The summed E-state index contributed by atoms with van der Waals surface area (Å²) in [5, 5.41) is 2.02. The summed E-state index contributed by atoms with van der Waals surface area (Å²) < 4.78 is 0. The Bertz CT molecular complexity index is 1160. The molecule has 3 nitrogen and oxygen atoms in total. The lowest BCUT2D eigenvalue weighted by atomic mass is 9.89. The van der Waals surface area contributed by atoms with Gasteiger partial charge in [0, 0.05) is 41.1 Å². The molecule has 0 radical (unpaired) electrons. The van der Waals surface area contributed by atoms with Gasteiger partial charge < -0.3 is 4.98 Å². The van der Waals surface area contributed by atoms with Crippen molar-refractivity contribution in [1.29, 1.82) is 0 Å². The Hall–Kier alpha value is -2.36. The highest BCUT2D eigenvalue weighted by Gasteiger charge is 2.17. The van der Waals surface area contributed by atoms with E-state index in [0.29, 0.717) is 0 Å². The number of aromatic nitrogens is 1. The fourth-order valence-corrected chi connectivity index (χ4v) is 5.02. The molecule has 1 aliphatic carbocycles. The van der Waals surface area contributed by atoms with E-state index in [2.05, 4.69) is 46.3 Å². The number of pyridine rings is 1. The molecule has 2 heterocycles. The lowest BCUT2D eigenvalue weighted by Gasteiger charge is -2.26. The Morgan fingerprint density at radius 2 is 1.77 bits per heavy atom. The van der Waals surface area contributed by atoms with Gasteiger partial charge in [-0.25, -0.2) is 0 Å². The monoisotopic (exact) mass is 418 g/mol. The first-order chi connectivity index (χ1) is 14.7. The third kappa shape index (κ3) is 3.97. The van der Waals surface area contributed by atoms with E-state index in [4.69, 9.17) is 11.6 Å². The highest BCUT2D eigenvalue weighted by Crippen LogP contribution is 2.27. The molecule has 154 valence electrons. The van der Waals surface area contributed by atoms with Gasteiger partial charge in [-0.2, -0.15) is 0 Å².